The molecule has 1 atom stereocenters. The molecule has 0 saturated carbocycles. The highest BCUT2D eigenvalue weighted by atomic mass is 16.5. The van der Waals surface area contributed by atoms with Crippen LogP contribution in [0.15, 0.2) is 0 Å². The van der Waals surface area contributed by atoms with Gasteiger partial charge in [0, 0.05) is 26.8 Å². The Morgan fingerprint density at radius 2 is 2.12 bits per heavy atom. The van der Waals surface area contributed by atoms with Gasteiger partial charge in [-0.25, -0.2) is 0 Å². The summed E-state index contributed by atoms with van der Waals surface area (Å²) in [5.74, 6) is -0.0883. The van der Waals surface area contributed by atoms with Crippen LogP contribution in [-0.2, 0) is 9.53 Å². The molecular weight excluding hydrogens is 218 g/mol. The molecule has 0 aliphatic rings. The van der Waals surface area contributed by atoms with Crippen molar-refractivity contribution in [3.63, 3.8) is 0 Å². The smallest absolute Gasteiger partial charge is 0.237 e. The number of nitrogens with one attached hydrogen (secondary N) is 1. The van der Waals surface area contributed by atoms with E-state index in [-0.39, 0.29) is 5.91 Å². The summed E-state index contributed by atoms with van der Waals surface area (Å²) in [5, 5.41) is 2.85. The van der Waals surface area contributed by atoms with Crippen LogP contribution in [0, 0.1) is 0 Å². The third-order valence-corrected chi connectivity index (χ3v) is 2.68. The number of nitrogens with two attached hydrogens (primary N) is 1. The Balaban J connectivity index is 3.68. The topological polar surface area (TPSA) is 67.6 Å². The van der Waals surface area contributed by atoms with Crippen LogP contribution in [0.1, 0.15) is 26.7 Å². The van der Waals surface area contributed by atoms with Crippen molar-refractivity contribution in [1.82, 2.24) is 10.2 Å². The molecule has 0 bridgehead atoms. The summed E-state index contributed by atoms with van der Waals surface area (Å²) < 4.78 is 4.89. The Kier molecular flexibility index (Phi) is 10.1. The molecule has 0 aliphatic heterocycles. The average Bonchev–Trinajstić information content (AvgIpc) is 2.34. The van der Waals surface area contributed by atoms with Crippen LogP contribution < -0.4 is 11.1 Å². The van der Waals surface area contributed by atoms with Gasteiger partial charge in [0.25, 0.3) is 0 Å². The van der Waals surface area contributed by atoms with Crippen LogP contribution in [0.4, 0.5) is 0 Å². The fraction of sp³-hybridized carbons (Fsp3) is 0.917. The van der Waals surface area contributed by atoms with Gasteiger partial charge in [0.1, 0.15) is 0 Å². The predicted molar refractivity (Wildman–Crippen MR) is 69.9 cm³/mol. The van der Waals surface area contributed by atoms with Crippen molar-refractivity contribution >= 4 is 5.91 Å². The zero-order valence-electron chi connectivity index (χ0n) is 11.4. The first kappa shape index (κ1) is 16.4. The third-order valence-electron chi connectivity index (χ3n) is 2.68. The summed E-state index contributed by atoms with van der Waals surface area (Å²) in [7, 11) is 1.61. The number of amides is 1. The van der Waals surface area contributed by atoms with Crippen molar-refractivity contribution in [2.45, 2.75) is 32.7 Å². The summed E-state index contributed by atoms with van der Waals surface area (Å²) >= 11 is 0. The second-order valence-corrected chi connectivity index (χ2v) is 4.11. The first-order valence-electron chi connectivity index (χ1n) is 6.40. The molecule has 0 rings (SSSR count). The van der Waals surface area contributed by atoms with E-state index in [1.165, 1.54) is 0 Å². The number of likely N-dealkylation sites (N-methyl/N-ethyl adjacent to an activating group) is 1. The molecule has 17 heavy (non-hydrogen) atoms. The van der Waals surface area contributed by atoms with E-state index < -0.39 is 6.04 Å². The minimum absolute atomic E-state index is 0.0883. The Bertz CT molecular complexity index is 200. The van der Waals surface area contributed by atoms with E-state index in [9.17, 15) is 4.79 Å². The maximum Gasteiger partial charge on any atom is 0.237 e. The lowest BCUT2D eigenvalue weighted by molar-refractivity contribution is -0.122. The zero-order chi connectivity index (χ0) is 13.1. The number of hydrogen-bond acceptors (Lipinski definition) is 4. The maximum absolute atomic E-state index is 11.6. The van der Waals surface area contributed by atoms with Crippen LogP contribution in [-0.4, -0.2) is 56.7 Å². The van der Waals surface area contributed by atoms with Crippen LogP contribution in [0.2, 0.25) is 0 Å². The van der Waals surface area contributed by atoms with E-state index >= 15 is 0 Å². The molecule has 0 aliphatic carbocycles. The van der Waals surface area contributed by atoms with E-state index in [4.69, 9.17) is 10.5 Å². The van der Waals surface area contributed by atoms with Crippen molar-refractivity contribution in [2.24, 2.45) is 5.73 Å². The van der Waals surface area contributed by atoms with Crippen molar-refractivity contribution in [2.75, 3.05) is 39.9 Å². The number of carbonyl (C=O) groups is 1. The number of nitrogens with zero attached hydrogens (tertiary/aromatic N) is 1. The summed E-state index contributed by atoms with van der Waals surface area (Å²) in [5.41, 5.74) is 5.71. The predicted octanol–water partition coefficient (Wildman–Crippen LogP) is 0.198. The highest BCUT2D eigenvalue weighted by Crippen LogP contribution is 1.91. The van der Waals surface area contributed by atoms with Gasteiger partial charge in [-0.2, -0.15) is 0 Å². The van der Waals surface area contributed by atoms with Gasteiger partial charge >= 0.3 is 0 Å². The minimum Gasteiger partial charge on any atom is -0.385 e. The normalized spacial score (nSPS) is 12.8. The van der Waals surface area contributed by atoms with Gasteiger partial charge in [-0.1, -0.05) is 13.8 Å². The Morgan fingerprint density at radius 3 is 2.65 bits per heavy atom. The van der Waals surface area contributed by atoms with E-state index in [0.29, 0.717) is 19.6 Å². The third kappa shape index (κ3) is 8.12. The largest absolute Gasteiger partial charge is 0.385 e. The number of carbonyl (C=O) groups excluding carboxylic acids is 1. The van der Waals surface area contributed by atoms with E-state index in [1.54, 1.807) is 7.11 Å². The van der Waals surface area contributed by atoms with Crippen LogP contribution in [0.25, 0.3) is 0 Å². The lowest BCUT2D eigenvalue weighted by atomic mass is 10.2. The van der Waals surface area contributed by atoms with Crippen LogP contribution in [0.5, 0.6) is 0 Å². The fourth-order valence-corrected chi connectivity index (χ4v) is 1.59. The fourth-order valence-electron chi connectivity index (χ4n) is 1.59. The van der Waals surface area contributed by atoms with E-state index in [1.807, 2.05) is 0 Å². The minimum atomic E-state index is -0.462. The average molecular weight is 245 g/mol. The summed E-state index contributed by atoms with van der Waals surface area (Å²) in [6.45, 7) is 8.43. The standard InChI is InChI=1S/C12H27N3O2/c1-4-8-15(5-2)9-7-14-12(16)11(13)6-10-17-3/h11H,4-10,13H2,1-3H3,(H,14,16). The van der Waals surface area contributed by atoms with E-state index in [0.717, 1.165) is 26.1 Å². The molecule has 1 amide bonds. The van der Waals surface area contributed by atoms with Gasteiger partial charge < -0.3 is 20.7 Å². The molecule has 0 saturated heterocycles. The van der Waals surface area contributed by atoms with Gasteiger partial charge in [0.15, 0.2) is 0 Å². The van der Waals surface area contributed by atoms with Gasteiger partial charge in [0.05, 0.1) is 6.04 Å². The second kappa shape index (κ2) is 10.5. The molecule has 5 nitrogen and oxygen atoms in total. The van der Waals surface area contributed by atoms with Crippen LogP contribution in [0.3, 0.4) is 0 Å². The quantitative estimate of drug-likeness (QED) is 0.577. The Morgan fingerprint density at radius 1 is 1.41 bits per heavy atom. The molecule has 0 aromatic carbocycles. The molecular formula is C12H27N3O2. The Hall–Kier alpha value is -0.650. The van der Waals surface area contributed by atoms with Gasteiger partial charge in [-0.3, -0.25) is 4.79 Å². The lowest BCUT2D eigenvalue weighted by Gasteiger charge is -2.20. The van der Waals surface area contributed by atoms with E-state index in [2.05, 4.69) is 24.1 Å². The maximum atomic E-state index is 11.6. The monoisotopic (exact) mass is 245 g/mol. The van der Waals surface area contributed by atoms with Crippen molar-refractivity contribution in [3.8, 4) is 0 Å². The first-order valence-corrected chi connectivity index (χ1v) is 6.40. The molecule has 102 valence electrons. The van der Waals surface area contributed by atoms with Crippen molar-refractivity contribution in [1.29, 1.82) is 0 Å². The molecule has 0 radical (unpaired) electrons. The van der Waals surface area contributed by atoms with Crippen molar-refractivity contribution < 1.29 is 9.53 Å². The molecule has 0 aromatic rings. The highest BCUT2D eigenvalue weighted by Gasteiger charge is 2.12. The number of methoxy groups -OCH3 is 1. The molecule has 0 aromatic heterocycles. The summed E-state index contributed by atoms with van der Waals surface area (Å²) in [4.78, 5) is 13.9. The molecule has 3 N–H and O–H groups in total. The molecule has 1 unspecified atom stereocenters. The van der Waals surface area contributed by atoms with Crippen molar-refractivity contribution in [3.05, 3.63) is 0 Å². The van der Waals surface area contributed by atoms with Gasteiger partial charge in [-0.05, 0) is 25.9 Å². The molecule has 0 fully saturated rings. The second-order valence-electron chi connectivity index (χ2n) is 4.11. The van der Waals surface area contributed by atoms with Gasteiger partial charge in [-0.15, -0.1) is 0 Å². The molecule has 5 heteroatoms. The molecule has 0 spiro atoms. The zero-order valence-corrected chi connectivity index (χ0v) is 11.4. The van der Waals surface area contributed by atoms with Crippen LogP contribution >= 0.6 is 0 Å². The number of ether oxygens (including phenoxy) is 1. The number of rotatable bonds is 10. The number of hydrogen-bond donors (Lipinski definition) is 2. The summed E-state index contributed by atoms with van der Waals surface area (Å²) in [6, 6.07) is -0.462. The molecule has 0 heterocycles. The van der Waals surface area contributed by atoms with Gasteiger partial charge in [0.2, 0.25) is 5.91 Å². The summed E-state index contributed by atoms with van der Waals surface area (Å²) in [6.07, 6.45) is 1.70. The Labute approximate surface area is 105 Å². The SMILES string of the molecule is CCCN(CC)CCNC(=O)C(N)CCOC. The first-order chi connectivity index (χ1) is 8.15. The lowest BCUT2D eigenvalue weighted by Crippen LogP contribution is -2.44. The highest BCUT2D eigenvalue weighted by molar-refractivity contribution is 5.81.